The molecule has 0 saturated carbocycles. The fourth-order valence-corrected chi connectivity index (χ4v) is 4.97. The van der Waals surface area contributed by atoms with Gasteiger partial charge >= 0.3 is 0 Å². The van der Waals surface area contributed by atoms with Gasteiger partial charge in [0, 0.05) is 13.2 Å². The summed E-state index contributed by atoms with van der Waals surface area (Å²) >= 11 is 0. The summed E-state index contributed by atoms with van der Waals surface area (Å²) < 4.78 is 37.1. The lowest BCUT2D eigenvalue weighted by molar-refractivity contribution is -0.116. The number of sulfonamides is 1. The van der Waals surface area contributed by atoms with Crippen molar-refractivity contribution in [2.24, 2.45) is 0 Å². The van der Waals surface area contributed by atoms with Crippen molar-refractivity contribution in [2.75, 3.05) is 35.6 Å². The smallest absolute Gasteiger partial charge is 0.253 e. The van der Waals surface area contributed by atoms with Gasteiger partial charge in [0.1, 0.15) is 11.8 Å². The van der Waals surface area contributed by atoms with E-state index >= 15 is 0 Å². The summed E-state index contributed by atoms with van der Waals surface area (Å²) in [5, 5.41) is 5.55. The Morgan fingerprint density at radius 3 is 2.50 bits per heavy atom. The highest BCUT2D eigenvalue weighted by Gasteiger charge is 2.30. The number of nitrogens with one attached hydrogen (secondary N) is 2. The molecule has 1 fully saturated rings. The lowest BCUT2D eigenvalue weighted by atomic mass is 10.1. The van der Waals surface area contributed by atoms with Crippen molar-refractivity contribution in [2.45, 2.75) is 38.8 Å². The largest absolute Gasteiger partial charge is 0.494 e. The van der Waals surface area contributed by atoms with E-state index in [4.69, 9.17) is 9.47 Å². The average Bonchev–Trinajstić information content (AvgIpc) is 3.32. The molecule has 0 bridgehead atoms. The minimum absolute atomic E-state index is 0.0110. The maximum absolute atomic E-state index is 13.1. The van der Waals surface area contributed by atoms with Gasteiger partial charge in [0.15, 0.2) is 0 Å². The molecule has 1 aliphatic rings. The van der Waals surface area contributed by atoms with Crippen LogP contribution in [-0.2, 0) is 19.6 Å². The molecule has 9 nitrogen and oxygen atoms in total. The first-order valence-electron chi connectivity index (χ1n) is 11.2. The van der Waals surface area contributed by atoms with Crippen LogP contribution in [0.15, 0.2) is 48.5 Å². The van der Waals surface area contributed by atoms with Crippen LogP contribution in [0.3, 0.4) is 0 Å². The molecule has 1 heterocycles. The number of hydrogen-bond donors (Lipinski definition) is 2. The highest BCUT2D eigenvalue weighted by molar-refractivity contribution is 7.92. The Bertz CT molecular complexity index is 1100. The molecule has 2 N–H and O–H groups in total. The molecule has 184 valence electrons. The summed E-state index contributed by atoms with van der Waals surface area (Å²) in [6.07, 6.45) is 2.89. The monoisotopic (exact) mass is 489 g/mol. The molecule has 0 aromatic heterocycles. The van der Waals surface area contributed by atoms with Gasteiger partial charge < -0.3 is 20.1 Å². The van der Waals surface area contributed by atoms with Crippen LogP contribution in [-0.4, -0.2) is 58.4 Å². The maximum atomic E-state index is 13.1. The molecule has 1 saturated heterocycles. The first-order chi connectivity index (χ1) is 16.2. The Kier molecular flexibility index (Phi) is 8.51. The van der Waals surface area contributed by atoms with Crippen LogP contribution < -0.4 is 19.7 Å². The summed E-state index contributed by atoms with van der Waals surface area (Å²) in [5.74, 6) is -0.316. The van der Waals surface area contributed by atoms with Crippen LogP contribution in [0.1, 0.15) is 37.0 Å². The Labute approximate surface area is 200 Å². The molecule has 3 rings (SSSR count). The standard InChI is InChI=1S/C24H31N3O6S/c1-4-32-19-13-11-18(12-14-19)27(34(3,30)31)17(2)23(28)26-22-10-6-5-9-21(22)24(29)25-16-20-8-7-15-33-20/h5-6,9-14,17,20H,4,7-8,15-16H2,1-3H3,(H,25,29)(H,26,28)/t17-,20-/m1/s1. The van der Waals surface area contributed by atoms with Gasteiger partial charge in [0.25, 0.3) is 5.91 Å². The molecule has 2 aromatic carbocycles. The number of amides is 2. The zero-order chi connectivity index (χ0) is 24.7. The molecule has 0 spiro atoms. The number of anilines is 2. The number of rotatable bonds is 10. The van der Waals surface area contributed by atoms with Crippen molar-refractivity contribution in [3.05, 3.63) is 54.1 Å². The van der Waals surface area contributed by atoms with Crippen molar-refractivity contribution in [1.29, 1.82) is 0 Å². The van der Waals surface area contributed by atoms with Gasteiger partial charge in [-0.15, -0.1) is 0 Å². The van der Waals surface area contributed by atoms with Gasteiger partial charge in [0.2, 0.25) is 15.9 Å². The van der Waals surface area contributed by atoms with Crippen LogP contribution in [0.4, 0.5) is 11.4 Å². The maximum Gasteiger partial charge on any atom is 0.253 e. The van der Waals surface area contributed by atoms with E-state index in [0.717, 1.165) is 23.4 Å². The van der Waals surface area contributed by atoms with E-state index in [1.807, 2.05) is 6.92 Å². The van der Waals surface area contributed by atoms with Gasteiger partial charge in [-0.1, -0.05) is 12.1 Å². The van der Waals surface area contributed by atoms with Gasteiger partial charge in [0.05, 0.1) is 35.9 Å². The Hall–Kier alpha value is -3.11. The SMILES string of the molecule is CCOc1ccc(N([C@H](C)C(=O)Nc2ccccc2C(=O)NC[C@H]2CCCO2)S(C)(=O)=O)cc1. The van der Waals surface area contributed by atoms with E-state index < -0.39 is 22.0 Å². The molecular weight excluding hydrogens is 458 g/mol. The Balaban J connectivity index is 1.76. The van der Waals surface area contributed by atoms with Crippen LogP contribution in [0.5, 0.6) is 5.75 Å². The summed E-state index contributed by atoms with van der Waals surface area (Å²) in [7, 11) is -3.79. The Morgan fingerprint density at radius 1 is 1.18 bits per heavy atom. The third-order valence-electron chi connectivity index (χ3n) is 5.43. The number of carbonyl (C=O) groups is 2. The zero-order valence-corrected chi connectivity index (χ0v) is 20.4. The van der Waals surface area contributed by atoms with Gasteiger partial charge in [-0.2, -0.15) is 0 Å². The van der Waals surface area contributed by atoms with E-state index in [9.17, 15) is 18.0 Å². The fourth-order valence-electron chi connectivity index (χ4n) is 3.80. The lowest BCUT2D eigenvalue weighted by Crippen LogP contribution is -2.45. The number of carbonyl (C=O) groups excluding carboxylic acids is 2. The predicted octanol–water partition coefficient (Wildman–Crippen LogP) is 2.79. The normalized spacial score (nSPS) is 16.5. The third kappa shape index (κ3) is 6.48. The third-order valence-corrected chi connectivity index (χ3v) is 6.68. The van der Waals surface area contributed by atoms with E-state index in [0.29, 0.717) is 36.9 Å². The van der Waals surface area contributed by atoms with Crippen LogP contribution >= 0.6 is 0 Å². The van der Waals surface area contributed by atoms with Crippen molar-refractivity contribution in [3.8, 4) is 5.75 Å². The summed E-state index contributed by atoms with van der Waals surface area (Å²) in [6, 6.07) is 12.0. The van der Waals surface area contributed by atoms with Gasteiger partial charge in [-0.3, -0.25) is 13.9 Å². The second kappa shape index (κ2) is 11.3. The molecule has 0 unspecified atom stereocenters. The molecule has 0 aliphatic carbocycles. The Morgan fingerprint density at radius 2 is 1.88 bits per heavy atom. The molecular formula is C24H31N3O6S. The summed E-state index contributed by atoms with van der Waals surface area (Å²) in [4.78, 5) is 25.8. The van der Waals surface area contributed by atoms with E-state index in [2.05, 4.69) is 10.6 Å². The van der Waals surface area contributed by atoms with E-state index in [1.54, 1.807) is 48.5 Å². The summed E-state index contributed by atoms with van der Waals surface area (Å²) in [6.45, 7) is 4.90. The van der Waals surface area contributed by atoms with Crippen molar-refractivity contribution in [3.63, 3.8) is 0 Å². The van der Waals surface area contributed by atoms with E-state index in [1.165, 1.54) is 6.92 Å². The molecule has 34 heavy (non-hydrogen) atoms. The van der Waals surface area contributed by atoms with Crippen molar-refractivity contribution in [1.82, 2.24) is 5.32 Å². The zero-order valence-electron chi connectivity index (χ0n) is 19.6. The molecule has 2 amide bonds. The lowest BCUT2D eigenvalue weighted by Gasteiger charge is -2.28. The number of hydrogen-bond acceptors (Lipinski definition) is 6. The van der Waals surface area contributed by atoms with Crippen LogP contribution in [0.2, 0.25) is 0 Å². The first kappa shape index (κ1) is 25.5. The van der Waals surface area contributed by atoms with Crippen molar-refractivity contribution < 1.29 is 27.5 Å². The molecule has 2 aromatic rings. The molecule has 10 heteroatoms. The van der Waals surface area contributed by atoms with Gasteiger partial charge in [-0.05, 0) is 63.1 Å². The van der Waals surface area contributed by atoms with Crippen LogP contribution in [0, 0.1) is 0 Å². The second-order valence-corrected chi connectivity index (χ2v) is 9.90. The second-order valence-electron chi connectivity index (χ2n) is 8.04. The van der Waals surface area contributed by atoms with Gasteiger partial charge in [-0.25, -0.2) is 8.42 Å². The minimum Gasteiger partial charge on any atom is -0.494 e. The number of benzene rings is 2. The molecule has 2 atom stereocenters. The molecule has 0 radical (unpaired) electrons. The topological polar surface area (TPSA) is 114 Å². The predicted molar refractivity (Wildman–Crippen MR) is 131 cm³/mol. The van der Waals surface area contributed by atoms with Crippen LogP contribution in [0.25, 0.3) is 0 Å². The average molecular weight is 490 g/mol. The highest BCUT2D eigenvalue weighted by Crippen LogP contribution is 2.25. The fraction of sp³-hybridized carbons (Fsp3) is 0.417. The highest BCUT2D eigenvalue weighted by atomic mass is 32.2. The van der Waals surface area contributed by atoms with Crippen molar-refractivity contribution >= 4 is 33.2 Å². The number of nitrogens with zero attached hydrogens (tertiary/aromatic N) is 1. The summed E-state index contributed by atoms with van der Waals surface area (Å²) in [5.41, 5.74) is 0.911. The quantitative estimate of drug-likeness (QED) is 0.531. The number of ether oxygens (including phenoxy) is 2. The molecule has 1 aliphatic heterocycles. The number of para-hydroxylation sites is 1. The van der Waals surface area contributed by atoms with E-state index in [-0.39, 0.29) is 17.6 Å². The first-order valence-corrected chi connectivity index (χ1v) is 13.1. The minimum atomic E-state index is -3.79.